The number of aromatic amines is 1. The fraction of sp³-hybridized carbons (Fsp3) is 0.375. The van der Waals surface area contributed by atoms with Crippen molar-refractivity contribution in [1.82, 2.24) is 15.5 Å². The summed E-state index contributed by atoms with van der Waals surface area (Å²) in [6.07, 6.45) is 0.853. The fourth-order valence-corrected chi connectivity index (χ4v) is 2.27. The standard InChI is InChI=1S/C16H20FN3O/c1-10-4-5-14(17)8-13(10)9-16(21)18-11(2)6-15-7-12(3)19-20-15/h4-5,7-8,11H,6,9H2,1-3H3,(H,18,21)(H,19,20)/t11-/m0/s1. The number of benzene rings is 1. The molecular formula is C16H20FN3O. The third-order valence-electron chi connectivity index (χ3n) is 3.34. The number of rotatable bonds is 5. The minimum absolute atomic E-state index is 0.0194. The summed E-state index contributed by atoms with van der Waals surface area (Å²) in [6.45, 7) is 5.74. The second-order valence-electron chi connectivity index (χ2n) is 5.46. The van der Waals surface area contributed by atoms with Gasteiger partial charge in [0.25, 0.3) is 0 Å². The van der Waals surface area contributed by atoms with Crippen molar-refractivity contribution < 1.29 is 9.18 Å². The molecule has 0 radical (unpaired) electrons. The van der Waals surface area contributed by atoms with Gasteiger partial charge in [-0.25, -0.2) is 4.39 Å². The first-order chi connectivity index (χ1) is 9.94. The molecule has 0 saturated carbocycles. The lowest BCUT2D eigenvalue weighted by Crippen LogP contribution is -2.35. The molecule has 2 N–H and O–H groups in total. The van der Waals surface area contributed by atoms with Gasteiger partial charge in [-0.2, -0.15) is 5.10 Å². The molecule has 112 valence electrons. The third-order valence-corrected chi connectivity index (χ3v) is 3.34. The number of H-pyrrole nitrogens is 1. The monoisotopic (exact) mass is 289 g/mol. The lowest BCUT2D eigenvalue weighted by atomic mass is 10.0. The Labute approximate surface area is 123 Å². The van der Waals surface area contributed by atoms with E-state index in [1.165, 1.54) is 12.1 Å². The van der Waals surface area contributed by atoms with Gasteiger partial charge in [0.05, 0.1) is 12.1 Å². The molecule has 0 spiro atoms. The molecule has 0 bridgehead atoms. The van der Waals surface area contributed by atoms with E-state index in [2.05, 4.69) is 15.5 Å². The normalized spacial score (nSPS) is 12.2. The molecule has 5 heteroatoms. The van der Waals surface area contributed by atoms with E-state index in [9.17, 15) is 9.18 Å². The molecule has 0 unspecified atom stereocenters. The van der Waals surface area contributed by atoms with Crippen molar-refractivity contribution >= 4 is 5.91 Å². The predicted molar refractivity (Wildman–Crippen MR) is 79.5 cm³/mol. The maximum atomic E-state index is 13.2. The second kappa shape index (κ2) is 6.52. The summed E-state index contributed by atoms with van der Waals surface area (Å²) in [5, 5.41) is 9.94. The van der Waals surface area contributed by atoms with Crippen molar-refractivity contribution in [3.63, 3.8) is 0 Å². The van der Waals surface area contributed by atoms with Gasteiger partial charge in [0, 0.05) is 18.2 Å². The van der Waals surface area contributed by atoms with Crippen LogP contribution in [0.4, 0.5) is 4.39 Å². The van der Waals surface area contributed by atoms with Crippen molar-refractivity contribution in [1.29, 1.82) is 0 Å². The van der Waals surface area contributed by atoms with E-state index in [4.69, 9.17) is 0 Å². The lowest BCUT2D eigenvalue weighted by Gasteiger charge is -2.13. The molecular weight excluding hydrogens is 269 g/mol. The highest BCUT2D eigenvalue weighted by Crippen LogP contribution is 2.11. The number of nitrogens with zero attached hydrogens (tertiary/aromatic N) is 1. The van der Waals surface area contributed by atoms with E-state index in [0.29, 0.717) is 6.42 Å². The number of hydrogen-bond acceptors (Lipinski definition) is 2. The Morgan fingerprint density at radius 1 is 1.38 bits per heavy atom. The number of carbonyl (C=O) groups is 1. The number of hydrogen-bond donors (Lipinski definition) is 2. The molecule has 1 aromatic heterocycles. The van der Waals surface area contributed by atoms with E-state index in [1.807, 2.05) is 26.8 Å². The van der Waals surface area contributed by atoms with Crippen molar-refractivity contribution in [3.8, 4) is 0 Å². The van der Waals surface area contributed by atoms with Crippen LogP contribution in [0, 0.1) is 19.7 Å². The maximum Gasteiger partial charge on any atom is 0.224 e. The summed E-state index contributed by atoms with van der Waals surface area (Å²) in [6, 6.07) is 6.44. The molecule has 21 heavy (non-hydrogen) atoms. The molecule has 0 aliphatic heterocycles. The molecule has 1 amide bonds. The maximum absolute atomic E-state index is 13.2. The lowest BCUT2D eigenvalue weighted by molar-refractivity contribution is -0.121. The van der Waals surface area contributed by atoms with Crippen LogP contribution in [0.1, 0.15) is 29.4 Å². The molecule has 0 saturated heterocycles. The number of amides is 1. The first-order valence-electron chi connectivity index (χ1n) is 6.99. The summed E-state index contributed by atoms with van der Waals surface area (Å²) < 4.78 is 13.2. The zero-order chi connectivity index (χ0) is 15.4. The van der Waals surface area contributed by atoms with E-state index < -0.39 is 0 Å². The smallest absolute Gasteiger partial charge is 0.224 e. The Balaban J connectivity index is 1.90. The second-order valence-corrected chi connectivity index (χ2v) is 5.46. The largest absolute Gasteiger partial charge is 0.353 e. The average Bonchev–Trinajstić information content (AvgIpc) is 2.79. The van der Waals surface area contributed by atoms with Gasteiger partial charge in [0.2, 0.25) is 5.91 Å². The topological polar surface area (TPSA) is 57.8 Å². The van der Waals surface area contributed by atoms with Crippen LogP contribution in [0.3, 0.4) is 0 Å². The Hall–Kier alpha value is -2.17. The van der Waals surface area contributed by atoms with Crippen molar-refractivity contribution in [3.05, 3.63) is 52.6 Å². The molecule has 4 nitrogen and oxygen atoms in total. The zero-order valence-corrected chi connectivity index (χ0v) is 12.5. The first-order valence-corrected chi connectivity index (χ1v) is 6.99. The molecule has 1 heterocycles. The summed E-state index contributed by atoms with van der Waals surface area (Å²) in [4.78, 5) is 12.0. The number of aryl methyl sites for hydroxylation is 2. The Morgan fingerprint density at radius 3 is 2.81 bits per heavy atom. The van der Waals surface area contributed by atoms with Crippen LogP contribution in [0.2, 0.25) is 0 Å². The van der Waals surface area contributed by atoms with Gasteiger partial charge >= 0.3 is 0 Å². The summed E-state index contributed by atoms with van der Waals surface area (Å²) in [5.74, 6) is -0.424. The van der Waals surface area contributed by atoms with Crippen molar-refractivity contribution in [2.24, 2.45) is 0 Å². The average molecular weight is 289 g/mol. The van der Waals surface area contributed by atoms with Gasteiger partial charge in [-0.3, -0.25) is 9.89 Å². The van der Waals surface area contributed by atoms with Crippen molar-refractivity contribution in [2.45, 2.75) is 39.7 Å². The summed E-state index contributed by atoms with van der Waals surface area (Å²) >= 11 is 0. The Kier molecular flexibility index (Phi) is 4.73. The highest BCUT2D eigenvalue weighted by atomic mass is 19.1. The Morgan fingerprint density at radius 2 is 2.14 bits per heavy atom. The van der Waals surface area contributed by atoms with Gasteiger partial charge in [-0.15, -0.1) is 0 Å². The molecule has 1 aromatic carbocycles. The van der Waals surface area contributed by atoms with Crippen LogP contribution < -0.4 is 5.32 Å². The van der Waals surface area contributed by atoms with Crippen LogP contribution in [-0.2, 0) is 17.6 Å². The minimum Gasteiger partial charge on any atom is -0.353 e. The molecule has 0 fully saturated rings. The van der Waals surface area contributed by atoms with E-state index in [1.54, 1.807) is 6.07 Å². The number of halogens is 1. The van der Waals surface area contributed by atoms with Crippen LogP contribution in [-0.4, -0.2) is 22.1 Å². The molecule has 2 rings (SSSR count). The number of nitrogens with one attached hydrogen (secondary N) is 2. The van der Waals surface area contributed by atoms with Gasteiger partial charge in [0.15, 0.2) is 0 Å². The predicted octanol–water partition coefficient (Wildman–Crippen LogP) is 2.46. The number of aromatic nitrogens is 2. The molecule has 0 aliphatic carbocycles. The molecule has 0 aliphatic rings. The first kappa shape index (κ1) is 15.2. The van der Waals surface area contributed by atoms with Crippen LogP contribution in [0.5, 0.6) is 0 Å². The molecule has 1 atom stereocenters. The Bertz CT molecular complexity index is 636. The summed E-state index contributed by atoms with van der Waals surface area (Å²) in [5.41, 5.74) is 3.55. The van der Waals surface area contributed by atoms with Gasteiger partial charge in [-0.1, -0.05) is 6.07 Å². The van der Waals surface area contributed by atoms with Crippen molar-refractivity contribution in [2.75, 3.05) is 0 Å². The third kappa shape index (κ3) is 4.41. The van der Waals surface area contributed by atoms with Crippen LogP contribution in [0.25, 0.3) is 0 Å². The minimum atomic E-state index is -0.316. The van der Waals surface area contributed by atoms with Gasteiger partial charge < -0.3 is 5.32 Å². The van der Waals surface area contributed by atoms with Crippen LogP contribution >= 0.6 is 0 Å². The molecule has 2 aromatic rings. The van der Waals surface area contributed by atoms with E-state index in [-0.39, 0.29) is 24.2 Å². The SMILES string of the molecule is Cc1cc(C[C@H](C)NC(=O)Cc2cc(F)ccc2C)n[nH]1. The van der Waals surface area contributed by atoms with Gasteiger partial charge in [-0.05, 0) is 50.1 Å². The van der Waals surface area contributed by atoms with E-state index >= 15 is 0 Å². The number of carbonyl (C=O) groups excluding carboxylic acids is 1. The van der Waals surface area contributed by atoms with E-state index in [0.717, 1.165) is 22.5 Å². The fourth-order valence-electron chi connectivity index (χ4n) is 2.27. The summed E-state index contributed by atoms with van der Waals surface area (Å²) in [7, 11) is 0. The van der Waals surface area contributed by atoms with Crippen LogP contribution in [0.15, 0.2) is 24.3 Å². The highest BCUT2D eigenvalue weighted by Gasteiger charge is 2.12. The van der Waals surface area contributed by atoms with Gasteiger partial charge in [0.1, 0.15) is 5.82 Å². The zero-order valence-electron chi connectivity index (χ0n) is 12.5. The highest BCUT2D eigenvalue weighted by molar-refractivity contribution is 5.79. The quantitative estimate of drug-likeness (QED) is 0.888.